The summed E-state index contributed by atoms with van der Waals surface area (Å²) in [6, 6.07) is 0. The number of hydrogen-bond acceptors (Lipinski definition) is 1. The molecule has 1 radical (unpaired) electrons. The van der Waals surface area contributed by atoms with Crippen LogP contribution in [0.3, 0.4) is 0 Å². The molecule has 0 unspecified atom stereocenters. The van der Waals surface area contributed by atoms with Crippen molar-refractivity contribution in [3.63, 3.8) is 0 Å². The van der Waals surface area contributed by atoms with E-state index in [0.29, 0.717) is 6.61 Å². The molecule has 0 saturated heterocycles. The Morgan fingerprint density at radius 3 is 1.12 bits per heavy atom. The highest BCUT2D eigenvalue weighted by Gasteiger charge is 1.93. The second-order valence-electron chi connectivity index (χ2n) is 4.67. The molecule has 0 aliphatic rings. The molecule has 1 N–H and O–H groups in total. The minimum atomic E-state index is 0.105. The standard InChI is InChI=1S/C14H29O2/c15-13-11-9-7-5-3-1-2-4-6-8-10-12-14-16/h15H,1-14H2. The zero-order chi connectivity index (χ0) is 11.9. The first kappa shape index (κ1) is 15.9. The first-order chi connectivity index (χ1) is 7.91. The van der Waals surface area contributed by atoms with Crippen LogP contribution in [-0.2, 0) is 5.11 Å². The molecule has 0 amide bonds. The molecule has 0 saturated carbocycles. The summed E-state index contributed by atoms with van der Waals surface area (Å²) in [4.78, 5) is 0. The minimum Gasteiger partial charge on any atom is -0.396 e. The predicted molar refractivity (Wildman–Crippen MR) is 68.0 cm³/mol. The lowest BCUT2D eigenvalue weighted by molar-refractivity contribution is 0.186. The molecule has 2 nitrogen and oxygen atoms in total. The van der Waals surface area contributed by atoms with E-state index in [1.165, 1.54) is 57.8 Å². The van der Waals surface area contributed by atoms with Crippen molar-refractivity contribution in [3.05, 3.63) is 0 Å². The summed E-state index contributed by atoms with van der Waals surface area (Å²) in [5, 5.41) is 18.8. The quantitative estimate of drug-likeness (QED) is 0.475. The van der Waals surface area contributed by atoms with Crippen LogP contribution in [0.5, 0.6) is 0 Å². The van der Waals surface area contributed by atoms with Gasteiger partial charge in [0.15, 0.2) is 0 Å². The summed E-state index contributed by atoms with van der Waals surface area (Å²) in [7, 11) is 0. The Morgan fingerprint density at radius 1 is 0.500 bits per heavy atom. The SMILES string of the molecule is [O]CCCCCCCCCCCCCCO. The average molecular weight is 229 g/mol. The van der Waals surface area contributed by atoms with Gasteiger partial charge in [-0.3, -0.25) is 0 Å². The van der Waals surface area contributed by atoms with Gasteiger partial charge in [0.05, 0.1) is 6.61 Å². The maximum atomic E-state index is 10.2. The Kier molecular flexibility index (Phi) is 14.8. The van der Waals surface area contributed by atoms with Gasteiger partial charge in [-0.05, 0) is 12.8 Å². The lowest BCUT2D eigenvalue weighted by Gasteiger charge is -2.02. The average Bonchev–Trinajstić information content (AvgIpc) is 2.31. The second-order valence-corrected chi connectivity index (χ2v) is 4.67. The fraction of sp³-hybridized carbons (Fsp3) is 1.00. The topological polar surface area (TPSA) is 40.1 Å². The van der Waals surface area contributed by atoms with Gasteiger partial charge in [-0.15, -0.1) is 0 Å². The van der Waals surface area contributed by atoms with Gasteiger partial charge < -0.3 is 5.11 Å². The van der Waals surface area contributed by atoms with Crippen LogP contribution in [-0.4, -0.2) is 18.3 Å². The molecule has 0 aliphatic carbocycles. The van der Waals surface area contributed by atoms with Crippen molar-refractivity contribution in [1.29, 1.82) is 0 Å². The van der Waals surface area contributed by atoms with Crippen molar-refractivity contribution < 1.29 is 10.2 Å². The third-order valence-electron chi connectivity index (χ3n) is 3.05. The van der Waals surface area contributed by atoms with E-state index in [-0.39, 0.29) is 6.61 Å². The molecule has 0 bridgehead atoms. The van der Waals surface area contributed by atoms with Crippen molar-refractivity contribution in [2.75, 3.05) is 13.2 Å². The molecule has 0 spiro atoms. The third-order valence-corrected chi connectivity index (χ3v) is 3.05. The number of hydrogen-bond donors (Lipinski definition) is 1. The van der Waals surface area contributed by atoms with Crippen LogP contribution in [0.2, 0.25) is 0 Å². The van der Waals surface area contributed by atoms with E-state index in [9.17, 15) is 5.11 Å². The first-order valence-electron chi connectivity index (χ1n) is 7.10. The highest BCUT2D eigenvalue weighted by atomic mass is 16.3. The summed E-state index contributed by atoms with van der Waals surface area (Å²) < 4.78 is 0. The second kappa shape index (κ2) is 14.9. The minimum absolute atomic E-state index is 0.105. The molecular formula is C14H29O2. The number of aliphatic hydroxyl groups is 1. The van der Waals surface area contributed by atoms with E-state index in [0.717, 1.165) is 19.3 Å². The fourth-order valence-corrected chi connectivity index (χ4v) is 1.98. The van der Waals surface area contributed by atoms with Crippen LogP contribution >= 0.6 is 0 Å². The van der Waals surface area contributed by atoms with Crippen molar-refractivity contribution in [2.45, 2.75) is 77.0 Å². The van der Waals surface area contributed by atoms with Gasteiger partial charge in [0.1, 0.15) is 0 Å². The Balaban J connectivity index is 2.83. The van der Waals surface area contributed by atoms with Crippen LogP contribution in [0.1, 0.15) is 77.0 Å². The van der Waals surface area contributed by atoms with E-state index in [1.54, 1.807) is 0 Å². The molecule has 2 heteroatoms. The highest BCUT2D eigenvalue weighted by Crippen LogP contribution is 2.11. The molecule has 0 rings (SSSR count). The van der Waals surface area contributed by atoms with Crippen molar-refractivity contribution in [3.8, 4) is 0 Å². The van der Waals surface area contributed by atoms with Crippen molar-refractivity contribution in [2.24, 2.45) is 0 Å². The van der Waals surface area contributed by atoms with Gasteiger partial charge in [0.2, 0.25) is 0 Å². The molecule has 0 atom stereocenters. The number of unbranched alkanes of at least 4 members (excludes halogenated alkanes) is 11. The zero-order valence-electron chi connectivity index (χ0n) is 10.8. The Hall–Kier alpha value is -0.0800. The van der Waals surface area contributed by atoms with Gasteiger partial charge in [0, 0.05) is 6.61 Å². The Bertz CT molecular complexity index is 101. The van der Waals surface area contributed by atoms with Gasteiger partial charge >= 0.3 is 0 Å². The van der Waals surface area contributed by atoms with Crippen molar-refractivity contribution in [1.82, 2.24) is 0 Å². The van der Waals surface area contributed by atoms with Gasteiger partial charge in [-0.1, -0.05) is 64.2 Å². The summed E-state index contributed by atoms with van der Waals surface area (Å²) in [5.74, 6) is 0. The summed E-state index contributed by atoms with van der Waals surface area (Å²) in [5.41, 5.74) is 0. The molecule has 0 heterocycles. The maximum absolute atomic E-state index is 10.2. The highest BCUT2D eigenvalue weighted by molar-refractivity contribution is 4.48. The first-order valence-corrected chi connectivity index (χ1v) is 7.10. The third kappa shape index (κ3) is 13.9. The Morgan fingerprint density at radius 2 is 0.812 bits per heavy atom. The van der Waals surface area contributed by atoms with Crippen LogP contribution in [0.4, 0.5) is 0 Å². The number of rotatable bonds is 13. The molecule has 16 heavy (non-hydrogen) atoms. The summed E-state index contributed by atoms with van der Waals surface area (Å²) in [6.45, 7) is 0.456. The van der Waals surface area contributed by atoms with E-state index >= 15 is 0 Å². The molecule has 0 fully saturated rings. The smallest absolute Gasteiger partial charge is 0.0822 e. The summed E-state index contributed by atoms with van der Waals surface area (Å²) >= 11 is 0. The van der Waals surface area contributed by atoms with Crippen LogP contribution in [0.25, 0.3) is 0 Å². The van der Waals surface area contributed by atoms with Crippen LogP contribution in [0, 0.1) is 0 Å². The lowest BCUT2D eigenvalue weighted by Crippen LogP contribution is -1.85. The van der Waals surface area contributed by atoms with E-state index in [2.05, 4.69) is 0 Å². The largest absolute Gasteiger partial charge is 0.396 e. The molecule has 0 aromatic rings. The van der Waals surface area contributed by atoms with E-state index < -0.39 is 0 Å². The molecule has 0 aromatic heterocycles. The normalized spacial score (nSPS) is 10.9. The zero-order valence-corrected chi connectivity index (χ0v) is 10.8. The molecule has 97 valence electrons. The van der Waals surface area contributed by atoms with E-state index in [4.69, 9.17) is 5.11 Å². The van der Waals surface area contributed by atoms with E-state index in [1.807, 2.05) is 0 Å². The number of aliphatic hydroxyl groups excluding tert-OH is 1. The Labute approximate surface area is 101 Å². The lowest BCUT2D eigenvalue weighted by atomic mass is 10.1. The van der Waals surface area contributed by atoms with Crippen LogP contribution in [0.15, 0.2) is 0 Å². The molecular weight excluding hydrogens is 200 g/mol. The molecule has 0 aromatic carbocycles. The van der Waals surface area contributed by atoms with Gasteiger partial charge in [-0.25, -0.2) is 5.11 Å². The maximum Gasteiger partial charge on any atom is 0.0822 e. The summed E-state index contributed by atoms with van der Waals surface area (Å²) in [6.07, 6.45) is 14.7. The fourth-order valence-electron chi connectivity index (χ4n) is 1.98. The monoisotopic (exact) mass is 229 g/mol. The van der Waals surface area contributed by atoms with Crippen molar-refractivity contribution >= 4 is 0 Å². The molecule has 0 aliphatic heterocycles. The van der Waals surface area contributed by atoms with Gasteiger partial charge in [-0.2, -0.15) is 0 Å². The van der Waals surface area contributed by atoms with Gasteiger partial charge in [0.25, 0.3) is 0 Å². The predicted octanol–water partition coefficient (Wildman–Crippen LogP) is 4.09. The van der Waals surface area contributed by atoms with Crippen LogP contribution < -0.4 is 0 Å².